The molecule has 2 saturated heterocycles. The lowest BCUT2D eigenvalue weighted by molar-refractivity contribution is -0.122. The Labute approximate surface area is 79.5 Å². The maximum atomic E-state index is 11.0. The first-order valence-electron chi connectivity index (χ1n) is 5.35. The summed E-state index contributed by atoms with van der Waals surface area (Å²) >= 11 is 0. The van der Waals surface area contributed by atoms with Gasteiger partial charge in [0.05, 0.1) is 6.17 Å². The molecular weight excluding hydrogens is 164 g/mol. The monoisotopic (exact) mass is 182 g/mol. The summed E-state index contributed by atoms with van der Waals surface area (Å²) in [6.45, 7) is 3.09. The van der Waals surface area contributed by atoms with Gasteiger partial charge in [-0.3, -0.25) is 9.69 Å². The molecule has 3 nitrogen and oxygen atoms in total. The molecule has 1 unspecified atom stereocenters. The van der Waals surface area contributed by atoms with Gasteiger partial charge in [-0.1, -0.05) is 0 Å². The van der Waals surface area contributed by atoms with Gasteiger partial charge >= 0.3 is 0 Å². The molecule has 2 aliphatic rings. The Bertz CT molecular complexity index is 177. The number of rotatable bonds is 1. The smallest absolute Gasteiger partial charge is 0.135 e. The third-order valence-electron chi connectivity index (χ3n) is 3.08. The van der Waals surface area contributed by atoms with Gasteiger partial charge in [-0.25, -0.2) is 0 Å². The van der Waals surface area contributed by atoms with E-state index in [-0.39, 0.29) is 0 Å². The van der Waals surface area contributed by atoms with Crippen molar-refractivity contribution in [2.45, 2.75) is 38.3 Å². The van der Waals surface area contributed by atoms with Gasteiger partial charge in [0.25, 0.3) is 0 Å². The van der Waals surface area contributed by atoms with Gasteiger partial charge in [-0.15, -0.1) is 0 Å². The van der Waals surface area contributed by atoms with E-state index in [1.807, 2.05) is 0 Å². The quantitative estimate of drug-likeness (QED) is 0.649. The summed E-state index contributed by atoms with van der Waals surface area (Å²) in [4.78, 5) is 13.5. The van der Waals surface area contributed by atoms with Crippen LogP contribution in [0.4, 0.5) is 0 Å². The third-order valence-corrected chi connectivity index (χ3v) is 3.08. The number of ketones is 1. The van der Waals surface area contributed by atoms with Gasteiger partial charge in [-0.2, -0.15) is 0 Å². The van der Waals surface area contributed by atoms with Crippen molar-refractivity contribution in [3.8, 4) is 0 Å². The summed E-state index contributed by atoms with van der Waals surface area (Å²) in [6.07, 6.45) is 5.98. The van der Waals surface area contributed by atoms with Crippen LogP contribution in [0, 0.1) is 0 Å². The van der Waals surface area contributed by atoms with E-state index in [2.05, 4.69) is 10.2 Å². The number of piperidine rings is 2. The van der Waals surface area contributed by atoms with Gasteiger partial charge < -0.3 is 5.32 Å². The van der Waals surface area contributed by atoms with Crippen molar-refractivity contribution in [3.05, 3.63) is 0 Å². The highest BCUT2D eigenvalue weighted by atomic mass is 16.1. The van der Waals surface area contributed by atoms with Gasteiger partial charge in [0.1, 0.15) is 5.78 Å². The molecule has 0 aliphatic carbocycles. The summed E-state index contributed by atoms with van der Waals surface area (Å²) in [5, 5.41) is 3.52. The van der Waals surface area contributed by atoms with Crippen LogP contribution in [0.2, 0.25) is 0 Å². The molecule has 3 heteroatoms. The fourth-order valence-corrected chi connectivity index (χ4v) is 2.23. The number of likely N-dealkylation sites (tertiary alicyclic amines) is 1. The number of nitrogens with zero attached hydrogens (tertiary/aromatic N) is 1. The Morgan fingerprint density at radius 1 is 1.23 bits per heavy atom. The molecule has 74 valence electrons. The lowest BCUT2D eigenvalue weighted by atomic mass is 10.0. The second-order valence-electron chi connectivity index (χ2n) is 4.04. The van der Waals surface area contributed by atoms with Crippen molar-refractivity contribution in [2.24, 2.45) is 0 Å². The molecule has 13 heavy (non-hydrogen) atoms. The van der Waals surface area contributed by atoms with E-state index < -0.39 is 0 Å². The van der Waals surface area contributed by atoms with Gasteiger partial charge in [-0.05, 0) is 25.8 Å². The van der Waals surface area contributed by atoms with E-state index in [1.165, 1.54) is 19.3 Å². The average molecular weight is 182 g/mol. The minimum atomic E-state index is 0.437. The minimum absolute atomic E-state index is 0.437. The molecule has 0 amide bonds. The van der Waals surface area contributed by atoms with Crippen molar-refractivity contribution in [2.75, 3.05) is 19.6 Å². The summed E-state index contributed by atoms with van der Waals surface area (Å²) in [6, 6.07) is 0. The first-order valence-corrected chi connectivity index (χ1v) is 5.35. The molecule has 2 rings (SSSR count). The largest absolute Gasteiger partial charge is 0.302 e. The first kappa shape index (κ1) is 9.16. The fraction of sp³-hybridized carbons (Fsp3) is 0.900. The maximum Gasteiger partial charge on any atom is 0.135 e. The van der Waals surface area contributed by atoms with Crippen LogP contribution >= 0.6 is 0 Å². The number of nitrogens with one attached hydrogen (secondary N) is 1. The highest BCUT2D eigenvalue weighted by Gasteiger charge is 2.24. The van der Waals surface area contributed by atoms with E-state index in [1.54, 1.807) is 0 Å². The van der Waals surface area contributed by atoms with Crippen LogP contribution in [0.1, 0.15) is 32.1 Å². The number of carbonyl (C=O) groups excluding carboxylic acids is 1. The number of carbonyl (C=O) groups is 1. The minimum Gasteiger partial charge on any atom is -0.302 e. The Hall–Kier alpha value is -0.410. The molecule has 1 N–H and O–H groups in total. The highest BCUT2D eigenvalue weighted by molar-refractivity contribution is 5.79. The van der Waals surface area contributed by atoms with Crippen molar-refractivity contribution in [3.63, 3.8) is 0 Å². The predicted octanol–water partition coefficient (Wildman–Crippen LogP) is 0.751. The van der Waals surface area contributed by atoms with E-state index >= 15 is 0 Å². The second-order valence-corrected chi connectivity index (χ2v) is 4.04. The SMILES string of the molecule is O=C1CCN(C2CCCCN2)CC1. The second kappa shape index (κ2) is 4.20. The number of Topliss-reactive ketones (excluding diaryl/α,β-unsaturated/α-hetero) is 1. The van der Waals surface area contributed by atoms with Gasteiger partial charge in [0.2, 0.25) is 0 Å². The zero-order chi connectivity index (χ0) is 9.10. The lowest BCUT2D eigenvalue weighted by Gasteiger charge is -2.36. The predicted molar refractivity (Wildman–Crippen MR) is 51.5 cm³/mol. The van der Waals surface area contributed by atoms with E-state index in [4.69, 9.17) is 0 Å². The Balaban J connectivity index is 1.82. The standard InChI is InChI=1S/C10H18N2O/c13-9-4-7-12(8-5-9)10-3-1-2-6-11-10/h10-11H,1-8H2. The molecule has 2 heterocycles. The molecule has 1 atom stereocenters. The van der Waals surface area contributed by atoms with E-state index in [0.717, 1.165) is 32.5 Å². The lowest BCUT2D eigenvalue weighted by Crippen LogP contribution is -2.51. The van der Waals surface area contributed by atoms with Crippen molar-refractivity contribution in [1.82, 2.24) is 10.2 Å². The van der Waals surface area contributed by atoms with E-state index in [0.29, 0.717) is 11.9 Å². The molecular formula is C10H18N2O. The Morgan fingerprint density at radius 3 is 2.62 bits per heavy atom. The van der Waals surface area contributed by atoms with Crippen LogP contribution in [0.25, 0.3) is 0 Å². The highest BCUT2D eigenvalue weighted by Crippen LogP contribution is 2.15. The van der Waals surface area contributed by atoms with Crippen molar-refractivity contribution >= 4 is 5.78 Å². The fourth-order valence-electron chi connectivity index (χ4n) is 2.23. The molecule has 0 radical (unpaired) electrons. The summed E-state index contributed by atoms with van der Waals surface area (Å²) in [5.41, 5.74) is 0. The first-order chi connectivity index (χ1) is 6.36. The zero-order valence-electron chi connectivity index (χ0n) is 8.09. The molecule has 0 aromatic heterocycles. The number of hydrogen-bond acceptors (Lipinski definition) is 3. The summed E-state index contributed by atoms with van der Waals surface area (Å²) in [7, 11) is 0. The molecule has 0 saturated carbocycles. The van der Waals surface area contributed by atoms with Crippen LogP contribution in [-0.4, -0.2) is 36.5 Å². The maximum absolute atomic E-state index is 11.0. The Morgan fingerprint density at radius 2 is 2.00 bits per heavy atom. The summed E-state index contributed by atoms with van der Waals surface area (Å²) < 4.78 is 0. The van der Waals surface area contributed by atoms with Crippen LogP contribution in [0.5, 0.6) is 0 Å². The molecule has 0 bridgehead atoms. The topological polar surface area (TPSA) is 32.3 Å². The van der Waals surface area contributed by atoms with E-state index in [9.17, 15) is 4.79 Å². The molecule has 0 aromatic rings. The molecule has 0 spiro atoms. The molecule has 0 aromatic carbocycles. The van der Waals surface area contributed by atoms with Gasteiger partial charge in [0, 0.05) is 25.9 Å². The van der Waals surface area contributed by atoms with Crippen molar-refractivity contribution < 1.29 is 4.79 Å². The third kappa shape index (κ3) is 2.29. The normalized spacial score (nSPS) is 32.0. The zero-order valence-corrected chi connectivity index (χ0v) is 8.09. The molecule has 2 fully saturated rings. The average Bonchev–Trinajstić information content (AvgIpc) is 2.20. The van der Waals surface area contributed by atoms with Crippen molar-refractivity contribution in [1.29, 1.82) is 0 Å². The van der Waals surface area contributed by atoms with Gasteiger partial charge in [0.15, 0.2) is 0 Å². The number of hydrogen-bond donors (Lipinski definition) is 1. The van der Waals surface area contributed by atoms with Crippen LogP contribution < -0.4 is 5.32 Å². The van der Waals surface area contributed by atoms with Crippen LogP contribution in [0.3, 0.4) is 0 Å². The van der Waals surface area contributed by atoms with Crippen LogP contribution in [-0.2, 0) is 4.79 Å². The summed E-state index contributed by atoms with van der Waals surface area (Å²) in [5.74, 6) is 0.437. The molecule has 2 aliphatic heterocycles. The van der Waals surface area contributed by atoms with Crippen LogP contribution in [0.15, 0.2) is 0 Å². The Kier molecular flexibility index (Phi) is 2.96.